The lowest BCUT2D eigenvalue weighted by molar-refractivity contribution is 0.149. The molecule has 1 aromatic heterocycles. The number of likely N-dealkylation sites (N-methyl/N-ethyl adjacent to an activating group) is 1. The van der Waals surface area contributed by atoms with Gasteiger partial charge < -0.3 is 10.1 Å². The van der Waals surface area contributed by atoms with Gasteiger partial charge in [-0.25, -0.2) is 13.4 Å². The molecule has 0 aromatic carbocycles. The van der Waals surface area contributed by atoms with Crippen molar-refractivity contribution in [3.05, 3.63) is 18.3 Å². The van der Waals surface area contributed by atoms with Crippen molar-refractivity contribution in [1.29, 1.82) is 0 Å². The molecular formula is C12H21N3O3S. The van der Waals surface area contributed by atoms with Crippen LogP contribution < -0.4 is 5.32 Å². The summed E-state index contributed by atoms with van der Waals surface area (Å²) in [6, 6.07) is 2.80. The molecule has 108 valence electrons. The van der Waals surface area contributed by atoms with Gasteiger partial charge in [-0.1, -0.05) is 0 Å². The average Bonchev–Trinajstić information content (AvgIpc) is 2.39. The molecule has 19 heavy (non-hydrogen) atoms. The molecule has 1 unspecified atom stereocenters. The maximum atomic E-state index is 12.4. The summed E-state index contributed by atoms with van der Waals surface area (Å²) in [6.07, 6.45) is 1.49. The Labute approximate surface area is 114 Å². The quantitative estimate of drug-likeness (QED) is 0.815. The van der Waals surface area contributed by atoms with Crippen LogP contribution in [0, 0.1) is 0 Å². The van der Waals surface area contributed by atoms with Crippen LogP contribution >= 0.6 is 0 Å². The zero-order valence-electron chi connectivity index (χ0n) is 11.8. The van der Waals surface area contributed by atoms with Gasteiger partial charge in [0.05, 0.1) is 11.5 Å². The number of ether oxygens (including phenoxy) is 1. The third kappa shape index (κ3) is 3.89. The maximum Gasteiger partial charge on any atom is 0.243 e. The second-order valence-electron chi connectivity index (χ2n) is 4.23. The van der Waals surface area contributed by atoms with Crippen molar-refractivity contribution in [3.8, 4) is 0 Å². The molecule has 0 aliphatic heterocycles. The Kier molecular flexibility index (Phi) is 5.71. The lowest BCUT2D eigenvalue weighted by atomic mass is 10.4. The SMILES string of the molecule is CCNc1cc(S(=O)(=O)N(C)C(C)COC)ccn1. The number of pyridine rings is 1. The Balaban J connectivity index is 3.02. The van der Waals surface area contributed by atoms with Gasteiger partial charge in [0.1, 0.15) is 5.82 Å². The molecule has 0 bridgehead atoms. The first-order chi connectivity index (χ1) is 8.93. The number of hydrogen-bond donors (Lipinski definition) is 1. The van der Waals surface area contributed by atoms with Crippen LogP contribution in [0.15, 0.2) is 23.2 Å². The van der Waals surface area contributed by atoms with E-state index in [0.717, 1.165) is 0 Å². The minimum Gasteiger partial charge on any atom is -0.383 e. The van der Waals surface area contributed by atoms with Crippen molar-refractivity contribution in [2.75, 3.05) is 32.6 Å². The van der Waals surface area contributed by atoms with Crippen molar-refractivity contribution in [1.82, 2.24) is 9.29 Å². The number of nitrogens with zero attached hydrogens (tertiary/aromatic N) is 2. The van der Waals surface area contributed by atoms with Crippen LogP contribution in [0.5, 0.6) is 0 Å². The molecule has 0 radical (unpaired) electrons. The van der Waals surface area contributed by atoms with Gasteiger partial charge in [-0.2, -0.15) is 4.31 Å². The molecule has 0 fully saturated rings. The first-order valence-corrected chi connectivity index (χ1v) is 7.54. The van der Waals surface area contributed by atoms with E-state index >= 15 is 0 Å². The van der Waals surface area contributed by atoms with Gasteiger partial charge in [0.2, 0.25) is 10.0 Å². The fourth-order valence-electron chi connectivity index (χ4n) is 1.60. The second-order valence-corrected chi connectivity index (χ2v) is 6.23. The highest BCUT2D eigenvalue weighted by atomic mass is 32.2. The monoisotopic (exact) mass is 287 g/mol. The van der Waals surface area contributed by atoms with Gasteiger partial charge in [0, 0.05) is 39.0 Å². The Morgan fingerprint density at radius 2 is 2.21 bits per heavy atom. The zero-order chi connectivity index (χ0) is 14.5. The predicted molar refractivity (Wildman–Crippen MR) is 74.7 cm³/mol. The van der Waals surface area contributed by atoms with E-state index in [2.05, 4.69) is 10.3 Å². The van der Waals surface area contributed by atoms with Crippen LogP contribution in [0.4, 0.5) is 5.82 Å². The molecule has 1 heterocycles. The van der Waals surface area contributed by atoms with E-state index in [4.69, 9.17) is 4.74 Å². The lowest BCUT2D eigenvalue weighted by Gasteiger charge is -2.23. The molecule has 0 saturated heterocycles. The fourth-order valence-corrected chi connectivity index (χ4v) is 2.96. The van der Waals surface area contributed by atoms with Crippen LogP contribution in [0.3, 0.4) is 0 Å². The maximum absolute atomic E-state index is 12.4. The third-order valence-corrected chi connectivity index (χ3v) is 4.76. The van der Waals surface area contributed by atoms with Crippen LogP contribution in [-0.4, -0.2) is 51.1 Å². The number of aromatic nitrogens is 1. The zero-order valence-corrected chi connectivity index (χ0v) is 12.6. The van der Waals surface area contributed by atoms with Crippen molar-refractivity contribution < 1.29 is 13.2 Å². The van der Waals surface area contributed by atoms with E-state index in [1.807, 2.05) is 6.92 Å². The molecule has 0 aliphatic carbocycles. The van der Waals surface area contributed by atoms with E-state index in [1.54, 1.807) is 21.1 Å². The number of nitrogens with one attached hydrogen (secondary N) is 1. The number of anilines is 1. The van der Waals surface area contributed by atoms with Crippen molar-refractivity contribution in [2.45, 2.75) is 24.8 Å². The Bertz CT molecular complexity index is 505. The first-order valence-electron chi connectivity index (χ1n) is 6.10. The van der Waals surface area contributed by atoms with E-state index in [0.29, 0.717) is 19.0 Å². The van der Waals surface area contributed by atoms with Gasteiger partial charge >= 0.3 is 0 Å². The lowest BCUT2D eigenvalue weighted by Crippen LogP contribution is -2.37. The minimum absolute atomic E-state index is 0.226. The van der Waals surface area contributed by atoms with Crippen LogP contribution in [0.1, 0.15) is 13.8 Å². The van der Waals surface area contributed by atoms with E-state index in [9.17, 15) is 8.42 Å². The fraction of sp³-hybridized carbons (Fsp3) is 0.583. The van der Waals surface area contributed by atoms with Gasteiger partial charge in [-0.3, -0.25) is 0 Å². The van der Waals surface area contributed by atoms with Gasteiger partial charge in [-0.05, 0) is 19.9 Å². The number of methoxy groups -OCH3 is 1. The van der Waals surface area contributed by atoms with Crippen molar-refractivity contribution >= 4 is 15.8 Å². The van der Waals surface area contributed by atoms with Gasteiger partial charge in [-0.15, -0.1) is 0 Å². The summed E-state index contributed by atoms with van der Waals surface area (Å²) >= 11 is 0. The Hall–Kier alpha value is -1.18. The number of sulfonamides is 1. The van der Waals surface area contributed by atoms with Crippen LogP contribution in [0.2, 0.25) is 0 Å². The summed E-state index contributed by atoms with van der Waals surface area (Å²) in [5.74, 6) is 0.552. The predicted octanol–water partition coefficient (Wildman–Crippen LogP) is 1.17. The summed E-state index contributed by atoms with van der Waals surface area (Å²) in [7, 11) is -0.432. The summed E-state index contributed by atoms with van der Waals surface area (Å²) in [5, 5.41) is 2.99. The smallest absolute Gasteiger partial charge is 0.243 e. The van der Waals surface area contributed by atoms with E-state index < -0.39 is 10.0 Å². The van der Waals surface area contributed by atoms with Crippen LogP contribution in [0.25, 0.3) is 0 Å². The standard InChI is InChI=1S/C12H21N3O3S/c1-5-13-12-8-11(6-7-14-12)19(16,17)15(3)10(2)9-18-4/h6-8,10H,5,9H2,1-4H3,(H,13,14). The normalized spacial score (nSPS) is 13.5. The second kappa shape index (κ2) is 6.83. The molecule has 0 spiro atoms. The molecule has 0 amide bonds. The van der Waals surface area contributed by atoms with Gasteiger partial charge in [0.25, 0.3) is 0 Å². The Morgan fingerprint density at radius 1 is 1.53 bits per heavy atom. The molecule has 1 rings (SSSR count). The molecule has 7 heteroatoms. The average molecular weight is 287 g/mol. The van der Waals surface area contributed by atoms with Crippen molar-refractivity contribution in [2.24, 2.45) is 0 Å². The van der Waals surface area contributed by atoms with Crippen LogP contribution in [-0.2, 0) is 14.8 Å². The van der Waals surface area contributed by atoms with Gasteiger partial charge in [0.15, 0.2) is 0 Å². The molecule has 1 atom stereocenters. The molecule has 0 saturated carbocycles. The highest BCUT2D eigenvalue weighted by Crippen LogP contribution is 2.18. The summed E-state index contributed by atoms with van der Waals surface area (Å²) in [6.45, 7) is 4.76. The molecule has 1 N–H and O–H groups in total. The number of hydrogen-bond acceptors (Lipinski definition) is 5. The Morgan fingerprint density at radius 3 is 2.79 bits per heavy atom. The van der Waals surface area contributed by atoms with E-state index in [1.165, 1.54) is 22.6 Å². The largest absolute Gasteiger partial charge is 0.383 e. The summed E-state index contributed by atoms with van der Waals surface area (Å²) in [5.41, 5.74) is 0. The molecule has 6 nitrogen and oxygen atoms in total. The van der Waals surface area contributed by atoms with E-state index in [-0.39, 0.29) is 10.9 Å². The highest BCUT2D eigenvalue weighted by molar-refractivity contribution is 7.89. The topological polar surface area (TPSA) is 71.5 Å². The number of rotatable bonds is 7. The minimum atomic E-state index is -3.53. The first kappa shape index (κ1) is 15.9. The third-order valence-electron chi connectivity index (χ3n) is 2.79. The molecule has 0 aliphatic rings. The molecular weight excluding hydrogens is 266 g/mol. The van der Waals surface area contributed by atoms with Crippen molar-refractivity contribution in [3.63, 3.8) is 0 Å². The summed E-state index contributed by atoms with van der Waals surface area (Å²) in [4.78, 5) is 4.29. The summed E-state index contributed by atoms with van der Waals surface area (Å²) < 4.78 is 31.1. The highest BCUT2D eigenvalue weighted by Gasteiger charge is 2.25. The molecule has 1 aromatic rings.